The van der Waals surface area contributed by atoms with Crippen LogP contribution in [0.2, 0.25) is 0 Å². The second kappa shape index (κ2) is 1.29. The Kier molecular flexibility index (Phi) is 0.768. The predicted octanol–water partition coefficient (Wildman–Crippen LogP) is -1.58. The number of aromatic nitrogens is 2. The molecule has 0 amide bonds. The highest BCUT2D eigenvalue weighted by Crippen LogP contribution is 1.89. The van der Waals surface area contributed by atoms with E-state index in [4.69, 9.17) is 11.6 Å². The first-order valence-electron chi connectivity index (χ1n) is 2.03. The van der Waals surface area contributed by atoms with Crippen molar-refractivity contribution in [3.8, 4) is 0 Å². The summed E-state index contributed by atoms with van der Waals surface area (Å²) in [4.78, 5) is 1.25. The second-order valence-corrected chi connectivity index (χ2v) is 1.39. The summed E-state index contributed by atoms with van der Waals surface area (Å²) in [5, 5.41) is 10.3. The Hall–Kier alpha value is -1.39. The summed E-state index contributed by atoms with van der Waals surface area (Å²) in [5.41, 5.74) is 5.16. The summed E-state index contributed by atoms with van der Waals surface area (Å²) in [6.07, 6.45) is 1.23. The third-order valence-electron chi connectivity index (χ3n) is 0.850. The van der Waals surface area contributed by atoms with Crippen molar-refractivity contribution in [2.24, 2.45) is 0 Å². The fourth-order valence-corrected chi connectivity index (χ4v) is 0.402. The highest BCUT2D eigenvalue weighted by Gasteiger charge is 1.95. The summed E-state index contributed by atoms with van der Waals surface area (Å²) in [7, 11) is 0. The van der Waals surface area contributed by atoms with E-state index in [1.165, 1.54) is 12.3 Å². The first-order chi connectivity index (χ1) is 3.72. The molecule has 0 spiro atoms. The minimum atomic E-state index is 0.250. The van der Waals surface area contributed by atoms with Crippen molar-refractivity contribution in [3.05, 3.63) is 17.5 Å². The zero-order valence-electron chi connectivity index (χ0n) is 4.11. The topological polar surface area (TPSA) is 83.9 Å². The van der Waals surface area contributed by atoms with Gasteiger partial charge in [0.25, 0.3) is 0 Å². The summed E-state index contributed by atoms with van der Waals surface area (Å²) in [6, 6.07) is 1.42. The molecule has 1 aromatic heterocycles. The van der Waals surface area contributed by atoms with Gasteiger partial charge in [-0.25, -0.2) is 5.84 Å². The van der Waals surface area contributed by atoms with Gasteiger partial charge in [-0.2, -0.15) is 4.85 Å². The number of nitrogen functional groups attached to an aromatic ring is 2. The molecule has 0 fully saturated rings. The van der Waals surface area contributed by atoms with Crippen LogP contribution in [0, 0.1) is 5.21 Å². The lowest BCUT2D eigenvalue weighted by Gasteiger charge is -1.98. The Morgan fingerprint density at radius 1 is 1.75 bits per heavy atom. The van der Waals surface area contributed by atoms with Gasteiger partial charge in [-0.3, -0.25) is 0 Å². The van der Waals surface area contributed by atoms with E-state index in [2.05, 4.69) is 0 Å². The second-order valence-electron chi connectivity index (χ2n) is 1.39. The summed E-state index contributed by atoms with van der Waals surface area (Å²) in [5.74, 6) is 5.29. The van der Waals surface area contributed by atoms with Gasteiger partial charge in [0.05, 0.1) is 0 Å². The van der Waals surface area contributed by atoms with Crippen molar-refractivity contribution < 1.29 is 4.85 Å². The molecule has 0 aromatic carbocycles. The van der Waals surface area contributed by atoms with Gasteiger partial charge in [0.2, 0.25) is 0 Å². The van der Waals surface area contributed by atoms with Crippen LogP contribution in [0.25, 0.3) is 0 Å². The molecule has 0 aliphatic heterocycles. The molecule has 1 aromatic rings. The summed E-state index contributed by atoms with van der Waals surface area (Å²) < 4.78 is 0. The molecule has 0 unspecified atom stereocenters. The monoisotopic (exact) mass is 114 g/mol. The number of rotatable bonds is 0. The van der Waals surface area contributed by atoms with Crippen LogP contribution in [0.1, 0.15) is 0 Å². The Labute approximate surface area is 45.6 Å². The van der Waals surface area contributed by atoms with E-state index in [-0.39, 0.29) is 5.82 Å². The molecule has 4 N–H and O–H groups in total. The fraction of sp³-hybridized carbons (Fsp3) is 0. The van der Waals surface area contributed by atoms with Crippen LogP contribution in [0.4, 0.5) is 5.82 Å². The maximum atomic E-state index is 10.3. The average Bonchev–Trinajstić information content (AvgIpc) is 1.98. The van der Waals surface area contributed by atoms with Crippen LogP contribution in [-0.4, -0.2) is 4.79 Å². The largest absolute Gasteiger partial charge is 0.693 e. The fourth-order valence-electron chi connectivity index (χ4n) is 0.402. The molecule has 5 heteroatoms. The van der Waals surface area contributed by atoms with E-state index in [0.29, 0.717) is 4.85 Å². The molecule has 1 heterocycles. The van der Waals surface area contributed by atoms with Crippen LogP contribution < -0.4 is 16.4 Å². The van der Waals surface area contributed by atoms with Gasteiger partial charge in [-0.1, -0.05) is 0 Å². The van der Waals surface area contributed by atoms with Gasteiger partial charge in [0.1, 0.15) is 6.20 Å². The minimum absolute atomic E-state index is 0.250. The number of nitrogens with two attached hydrogens (primary N) is 2. The third kappa shape index (κ3) is 0.446. The third-order valence-corrected chi connectivity index (χ3v) is 0.850. The summed E-state index contributed by atoms with van der Waals surface area (Å²) >= 11 is 0. The highest BCUT2D eigenvalue weighted by atomic mass is 16.5. The van der Waals surface area contributed by atoms with Crippen molar-refractivity contribution in [3.63, 3.8) is 0 Å². The van der Waals surface area contributed by atoms with E-state index >= 15 is 0 Å². The number of anilines is 1. The normalized spacial score (nSPS) is 9.50. The molecule has 0 saturated carbocycles. The Morgan fingerprint density at radius 2 is 2.38 bits per heavy atom. The van der Waals surface area contributed by atoms with Gasteiger partial charge < -0.3 is 10.9 Å². The van der Waals surface area contributed by atoms with E-state index in [1.54, 1.807) is 0 Å². The van der Waals surface area contributed by atoms with Crippen molar-refractivity contribution in [1.82, 2.24) is 4.79 Å². The molecule has 0 atom stereocenters. The molecule has 8 heavy (non-hydrogen) atoms. The first kappa shape index (κ1) is 4.76. The predicted molar refractivity (Wildman–Crippen MR) is 28.0 cm³/mol. The van der Waals surface area contributed by atoms with Crippen LogP contribution >= 0.6 is 0 Å². The van der Waals surface area contributed by atoms with Gasteiger partial charge in [-0.05, 0) is 4.79 Å². The molecular weight excluding hydrogens is 108 g/mol. The number of nitrogens with zero attached hydrogens (tertiary/aromatic N) is 2. The standard InChI is InChI=1S/C3H6N4O/c4-3-1-2-6(8)7(3)5/h1-2H,4-5H2. The lowest BCUT2D eigenvalue weighted by Crippen LogP contribution is -2.41. The van der Waals surface area contributed by atoms with E-state index in [1.807, 2.05) is 0 Å². The zero-order valence-corrected chi connectivity index (χ0v) is 4.11. The molecule has 0 bridgehead atoms. The van der Waals surface area contributed by atoms with Crippen molar-refractivity contribution in [1.29, 1.82) is 0 Å². The zero-order chi connectivity index (χ0) is 6.15. The first-order valence-corrected chi connectivity index (χ1v) is 2.03. The molecule has 5 nitrogen and oxygen atoms in total. The van der Waals surface area contributed by atoms with Gasteiger partial charge >= 0.3 is 0 Å². The smallest absolute Gasteiger partial charge is 0.187 e. The molecule has 44 valence electrons. The van der Waals surface area contributed by atoms with Gasteiger partial charge in [0.15, 0.2) is 5.82 Å². The Bertz CT molecular complexity index is 174. The lowest BCUT2D eigenvalue weighted by atomic mass is 10.7. The number of hydrogen-bond acceptors (Lipinski definition) is 3. The Balaban J connectivity index is 3.19. The molecular formula is C3H6N4O. The van der Waals surface area contributed by atoms with E-state index in [0.717, 1.165) is 4.79 Å². The van der Waals surface area contributed by atoms with Crippen molar-refractivity contribution in [2.75, 3.05) is 11.6 Å². The Morgan fingerprint density at radius 3 is 2.50 bits per heavy atom. The van der Waals surface area contributed by atoms with Crippen LogP contribution in [0.3, 0.4) is 0 Å². The molecule has 1 rings (SSSR count). The summed E-state index contributed by atoms with van der Waals surface area (Å²) in [6.45, 7) is 0. The maximum Gasteiger partial charge on any atom is 0.187 e. The van der Waals surface area contributed by atoms with Gasteiger partial charge in [0, 0.05) is 6.07 Å². The maximum absolute atomic E-state index is 10.3. The highest BCUT2D eigenvalue weighted by molar-refractivity contribution is 5.23. The van der Waals surface area contributed by atoms with Crippen molar-refractivity contribution in [2.45, 2.75) is 0 Å². The molecule has 0 aliphatic carbocycles. The number of hydrogen-bond donors (Lipinski definition) is 2. The molecule has 0 radical (unpaired) electrons. The quantitative estimate of drug-likeness (QED) is 0.242. The van der Waals surface area contributed by atoms with Gasteiger partial charge in [-0.15, -0.1) is 0 Å². The van der Waals surface area contributed by atoms with E-state index in [9.17, 15) is 5.21 Å². The van der Waals surface area contributed by atoms with Crippen LogP contribution in [0.15, 0.2) is 12.3 Å². The molecule has 0 aliphatic rings. The van der Waals surface area contributed by atoms with Crippen molar-refractivity contribution >= 4 is 5.82 Å². The lowest BCUT2D eigenvalue weighted by molar-refractivity contribution is -0.686. The minimum Gasteiger partial charge on any atom is -0.693 e. The van der Waals surface area contributed by atoms with Crippen LogP contribution in [-0.2, 0) is 0 Å². The van der Waals surface area contributed by atoms with Crippen LogP contribution in [0.5, 0.6) is 0 Å². The van der Waals surface area contributed by atoms with E-state index < -0.39 is 0 Å². The molecule has 0 saturated heterocycles. The average molecular weight is 114 g/mol. The SMILES string of the molecule is Nc1cc[n+]([O-])n1N.